The Morgan fingerprint density at radius 2 is 2.05 bits per heavy atom. The molecule has 0 radical (unpaired) electrons. The smallest absolute Gasteiger partial charge is 0.228 e. The molecule has 19 heavy (non-hydrogen) atoms. The topological polar surface area (TPSA) is 46.9 Å². The summed E-state index contributed by atoms with van der Waals surface area (Å²) in [4.78, 5) is 11.8. The van der Waals surface area contributed by atoms with Crippen molar-refractivity contribution in [2.75, 3.05) is 5.32 Å². The Kier molecular flexibility index (Phi) is 2.81. The molecule has 3 rings (SSSR count). The molecule has 1 aliphatic carbocycles. The van der Waals surface area contributed by atoms with Crippen LogP contribution in [0.4, 0.5) is 10.2 Å². The zero-order chi connectivity index (χ0) is 13.4. The number of aryl methyl sites for hydroxylation is 1. The Balaban J connectivity index is 1.91. The van der Waals surface area contributed by atoms with Crippen LogP contribution in [0.2, 0.25) is 0 Å². The van der Waals surface area contributed by atoms with Gasteiger partial charge in [-0.25, -0.2) is 9.07 Å². The second-order valence-electron chi connectivity index (χ2n) is 4.82. The van der Waals surface area contributed by atoms with E-state index < -0.39 is 0 Å². The number of hydrogen-bond donors (Lipinski definition) is 1. The number of nitrogens with one attached hydrogen (secondary N) is 1. The Labute approximate surface area is 110 Å². The van der Waals surface area contributed by atoms with Crippen molar-refractivity contribution in [1.29, 1.82) is 0 Å². The highest BCUT2D eigenvalue weighted by atomic mass is 19.1. The van der Waals surface area contributed by atoms with E-state index in [0.717, 1.165) is 24.2 Å². The molecular weight excluding hydrogens is 245 g/mol. The first-order valence-electron chi connectivity index (χ1n) is 6.27. The van der Waals surface area contributed by atoms with Gasteiger partial charge in [-0.15, -0.1) is 0 Å². The summed E-state index contributed by atoms with van der Waals surface area (Å²) in [6.45, 7) is 1.85. The lowest BCUT2D eigenvalue weighted by molar-refractivity contribution is -0.117. The van der Waals surface area contributed by atoms with Crippen molar-refractivity contribution < 1.29 is 9.18 Å². The summed E-state index contributed by atoms with van der Waals surface area (Å²) < 4.78 is 14.6. The summed E-state index contributed by atoms with van der Waals surface area (Å²) in [7, 11) is 0. The van der Waals surface area contributed by atoms with Crippen LogP contribution in [0.25, 0.3) is 5.69 Å². The number of benzene rings is 1. The third-order valence-electron chi connectivity index (χ3n) is 3.10. The maximum absolute atomic E-state index is 12.9. The van der Waals surface area contributed by atoms with Crippen molar-refractivity contribution >= 4 is 11.7 Å². The number of halogens is 1. The summed E-state index contributed by atoms with van der Waals surface area (Å²) >= 11 is 0. The number of aromatic nitrogens is 2. The van der Waals surface area contributed by atoms with Gasteiger partial charge in [-0.1, -0.05) is 0 Å². The van der Waals surface area contributed by atoms with Crippen molar-refractivity contribution in [1.82, 2.24) is 9.78 Å². The number of amides is 1. The van der Waals surface area contributed by atoms with Gasteiger partial charge in [0.25, 0.3) is 0 Å². The average Bonchev–Trinajstić information content (AvgIpc) is 3.16. The number of carbonyl (C=O) groups excluding carboxylic acids is 1. The van der Waals surface area contributed by atoms with Crippen molar-refractivity contribution in [3.63, 3.8) is 0 Å². The van der Waals surface area contributed by atoms with E-state index in [1.807, 2.05) is 13.0 Å². The molecule has 1 fully saturated rings. The van der Waals surface area contributed by atoms with Crippen molar-refractivity contribution in [2.45, 2.75) is 19.8 Å². The highest BCUT2D eigenvalue weighted by Crippen LogP contribution is 2.30. The molecule has 0 spiro atoms. The molecule has 4 nitrogen and oxygen atoms in total. The largest absolute Gasteiger partial charge is 0.310 e. The predicted octanol–water partition coefficient (Wildman–Crippen LogP) is 2.67. The van der Waals surface area contributed by atoms with Crippen LogP contribution in [0.15, 0.2) is 30.3 Å². The molecule has 1 aliphatic rings. The summed E-state index contributed by atoms with van der Waals surface area (Å²) in [6, 6.07) is 7.82. The maximum atomic E-state index is 12.9. The van der Waals surface area contributed by atoms with Crippen molar-refractivity contribution in [3.8, 4) is 5.69 Å². The first-order chi connectivity index (χ1) is 9.13. The summed E-state index contributed by atoms with van der Waals surface area (Å²) in [6.07, 6.45) is 1.91. The molecule has 5 heteroatoms. The number of nitrogens with zero attached hydrogens (tertiary/aromatic N) is 2. The van der Waals surface area contributed by atoms with Gasteiger partial charge in [-0.2, -0.15) is 5.10 Å². The molecule has 0 bridgehead atoms. The molecule has 0 unspecified atom stereocenters. The lowest BCUT2D eigenvalue weighted by Gasteiger charge is -2.08. The fraction of sp³-hybridized carbons (Fsp3) is 0.286. The lowest BCUT2D eigenvalue weighted by atomic mass is 10.3. The van der Waals surface area contributed by atoms with E-state index in [-0.39, 0.29) is 17.6 Å². The zero-order valence-corrected chi connectivity index (χ0v) is 10.6. The first kappa shape index (κ1) is 11.9. The first-order valence-corrected chi connectivity index (χ1v) is 6.27. The predicted molar refractivity (Wildman–Crippen MR) is 69.6 cm³/mol. The van der Waals surface area contributed by atoms with Crippen LogP contribution in [0.1, 0.15) is 18.5 Å². The van der Waals surface area contributed by atoms with Gasteiger partial charge in [0.15, 0.2) is 0 Å². The van der Waals surface area contributed by atoms with Crippen LogP contribution in [0.3, 0.4) is 0 Å². The summed E-state index contributed by atoms with van der Waals surface area (Å²) in [5.41, 5.74) is 1.52. The Bertz CT molecular complexity index is 614. The number of rotatable bonds is 3. The van der Waals surface area contributed by atoms with Gasteiger partial charge in [0, 0.05) is 12.0 Å². The van der Waals surface area contributed by atoms with Gasteiger partial charge >= 0.3 is 0 Å². The maximum Gasteiger partial charge on any atom is 0.228 e. The molecule has 1 aromatic heterocycles. The van der Waals surface area contributed by atoms with E-state index in [9.17, 15) is 9.18 Å². The number of carbonyl (C=O) groups is 1. The molecule has 2 aromatic rings. The molecule has 1 aromatic carbocycles. The highest BCUT2D eigenvalue weighted by molar-refractivity contribution is 5.93. The van der Waals surface area contributed by atoms with Crippen LogP contribution in [-0.2, 0) is 4.79 Å². The van der Waals surface area contributed by atoms with Gasteiger partial charge in [-0.05, 0) is 44.0 Å². The number of anilines is 1. The fourth-order valence-electron chi connectivity index (χ4n) is 1.94. The minimum Gasteiger partial charge on any atom is -0.310 e. The molecule has 98 valence electrons. The van der Waals surface area contributed by atoms with Crippen LogP contribution in [0, 0.1) is 18.7 Å². The summed E-state index contributed by atoms with van der Waals surface area (Å²) in [5.74, 6) is 0.498. The van der Waals surface area contributed by atoms with Crippen LogP contribution in [-0.4, -0.2) is 15.7 Å². The van der Waals surface area contributed by atoms with E-state index in [1.54, 1.807) is 16.8 Å². The molecule has 1 amide bonds. The minimum atomic E-state index is -0.295. The minimum absolute atomic E-state index is 0.0308. The molecule has 1 N–H and O–H groups in total. The fourth-order valence-corrected chi connectivity index (χ4v) is 1.94. The van der Waals surface area contributed by atoms with Gasteiger partial charge in [-0.3, -0.25) is 4.79 Å². The van der Waals surface area contributed by atoms with Crippen LogP contribution in [0.5, 0.6) is 0 Å². The Morgan fingerprint density at radius 1 is 1.37 bits per heavy atom. The van der Waals surface area contributed by atoms with E-state index in [1.165, 1.54) is 12.1 Å². The molecule has 0 atom stereocenters. The lowest BCUT2D eigenvalue weighted by Crippen LogP contribution is -2.16. The average molecular weight is 259 g/mol. The highest BCUT2D eigenvalue weighted by Gasteiger charge is 2.30. The van der Waals surface area contributed by atoms with Gasteiger partial charge in [0.1, 0.15) is 11.6 Å². The molecule has 0 saturated heterocycles. The van der Waals surface area contributed by atoms with E-state index in [4.69, 9.17) is 0 Å². The second-order valence-corrected chi connectivity index (χ2v) is 4.82. The number of hydrogen-bond acceptors (Lipinski definition) is 2. The van der Waals surface area contributed by atoms with Crippen LogP contribution >= 0.6 is 0 Å². The van der Waals surface area contributed by atoms with Crippen molar-refractivity contribution in [3.05, 3.63) is 41.8 Å². The molecule has 1 heterocycles. The molecule has 1 saturated carbocycles. The van der Waals surface area contributed by atoms with Crippen molar-refractivity contribution in [2.24, 2.45) is 5.92 Å². The normalized spacial score (nSPS) is 14.4. The third kappa shape index (κ3) is 2.50. The second kappa shape index (κ2) is 4.50. The van der Waals surface area contributed by atoms with Gasteiger partial charge in [0.2, 0.25) is 5.91 Å². The van der Waals surface area contributed by atoms with Crippen LogP contribution < -0.4 is 5.32 Å². The summed E-state index contributed by atoms with van der Waals surface area (Å²) in [5, 5.41) is 7.20. The third-order valence-corrected chi connectivity index (χ3v) is 3.10. The SMILES string of the molecule is Cc1cc(NC(=O)C2CC2)n(-c2ccc(F)cc2)n1. The van der Waals surface area contributed by atoms with Gasteiger partial charge < -0.3 is 5.32 Å². The van der Waals surface area contributed by atoms with Gasteiger partial charge in [0.05, 0.1) is 11.4 Å². The zero-order valence-electron chi connectivity index (χ0n) is 10.6. The Morgan fingerprint density at radius 3 is 2.68 bits per heavy atom. The van der Waals surface area contributed by atoms with E-state index >= 15 is 0 Å². The van der Waals surface area contributed by atoms with E-state index in [0.29, 0.717) is 5.82 Å². The quantitative estimate of drug-likeness (QED) is 0.921. The standard InChI is InChI=1S/C14H14FN3O/c1-9-8-13(16-14(19)10-2-3-10)18(17-9)12-6-4-11(15)5-7-12/h4-8,10H,2-3H2,1H3,(H,16,19). The monoisotopic (exact) mass is 259 g/mol. The van der Waals surface area contributed by atoms with E-state index in [2.05, 4.69) is 10.4 Å². The molecule has 0 aliphatic heterocycles. The Hall–Kier alpha value is -2.17. The molecular formula is C14H14FN3O.